The molecule has 0 saturated carbocycles. The van der Waals surface area contributed by atoms with Crippen molar-refractivity contribution in [3.05, 3.63) is 5.53 Å². The zero-order chi connectivity index (χ0) is 9.40. The number of carbonyl (C=O) groups excluding carboxylic acids is 2. The molecule has 0 aromatic heterocycles. The fraction of sp³-hybridized carbons (Fsp3) is 0.571. The summed E-state index contributed by atoms with van der Waals surface area (Å²) >= 11 is 0. The van der Waals surface area contributed by atoms with Crippen molar-refractivity contribution in [2.45, 2.75) is 19.8 Å². The molecule has 0 aliphatic heterocycles. The van der Waals surface area contributed by atoms with E-state index in [4.69, 9.17) is 5.53 Å². The van der Waals surface area contributed by atoms with Crippen LogP contribution in [0, 0.1) is 0 Å². The third-order valence-electron chi connectivity index (χ3n) is 1.18. The second kappa shape index (κ2) is 6.24. The summed E-state index contributed by atoms with van der Waals surface area (Å²) in [5.41, 5.74) is 7.96. The highest BCUT2D eigenvalue weighted by Gasteiger charge is 2.01. The quantitative estimate of drug-likeness (QED) is 0.267. The molecule has 0 radical (unpaired) electrons. The lowest BCUT2D eigenvalue weighted by atomic mass is 10.2. The van der Waals surface area contributed by atoms with Gasteiger partial charge in [-0.1, -0.05) is 0 Å². The average Bonchev–Trinajstić information content (AvgIpc) is 1.98. The van der Waals surface area contributed by atoms with Crippen LogP contribution in [0.2, 0.25) is 0 Å². The molecule has 0 unspecified atom stereocenters. The summed E-state index contributed by atoms with van der Waals surface area (Å²) in [6.45, 7) is 1.89. The van der Waals surface area contributed by atoms with Gasteiger partial charge in [-0.3, -0.25) is 9.59 Å². The van der Waals surface area contributed by atoms with E-state index in [1.54, 1.807) is 0 Å². The predicted octanol–water partition coefficient (Wildman–Crippen LogP) is -0.228. The molecular weight excluding hydrogens is 158 g/mol. The van der Waals surface area contributed by atoms with Crippen molar-refractivity contribution in [1.29, 1.82) is 0 Å². The summed E-state index contributed by atoms with van der Waals surface area (Å²) in [6.07, 6.45) is 1.70. The van der Waals surface area contributed by atoms with Gasteiger partial charge in [0.25, 0.3) is 0 Å². The lowest BCUT2D eigenvalue weighted by Gasteiger charge is -1.97. The Kier molecular flexibility index (Phi) is 5.47. The number of carbonyl (C=O) groups is 2. The standard InChI is InChI=1S/C7H11N3O2/c1-6(11)9-4-2-3-7(12)5-10-8/h5H,2-4H2,1H3,(H,9,11). The van der Waals surface area contributed by atoms with Crippen LogP contribution in [-0.4, -0.2) is 29.2 Å². The molecule has 0 aliphatic carbocycles. The number of Topliss-reactive ketones (excluding diaryl/α,β-unsaturated/α-hetero) is 1. The molecule has 0 atom stereocenters. The fourth-order valence-electron chi connectivity index (χ4n) is 0.656. The first kappa shape index (κ1) is 10.5. The van der Waals surface area contributed by atoms with Gasteiger partial charge in [-0.15, -0.1) is 0 Å². The van der Waals surface area contributed by atoms with E-state index in [-0.39, 0.29) is 18.1 Å². The van der Waals surface area contributed by atoms with Crippen molar-refractivity contribution in [3.8, 4) is 0 Å². The lowest BCUT2D eigenvalue weighted by molar-refractivity contribution is -0.119. The van der Waals surface area contributed by atoms with Gasteiger partial charge in [0.1, 0.15) is 0 Å². The largest absolute Gasteiger partial charge is 0.361 e. The Morgan fingerprint density at radius 3 is 2.75 bits per heavy atom. The number of amides is 1. The summed E-state index contributed by atoms with van der Waals surface area (Å²) in [6, 6.07) is 0. The fourth-order valence-corrected chi connectivity index (χ4v) is 0.656. The minimum atomic E-state index is -0.247. The van der Waals surface area contributed by atoms with Crippen LogP contribution in [0.15, 0.2) is 0 Å². The Bertz CT molecular complexity index is 219. The summed E-state index contributed by atoms with van der Waals surface area (Å²) in [7, 11) is 0. The van der Waals surface area contributed by atoms with E-state index in [0.717, 1.165) is 6.21 Å². The van der Waals surface area contributed by atoms with Gasteiger partial charge in [0.15, 0.2) is 0 Å². The normalized spacial score (nSPS) is 8.42. The van der Waals surface area contributed by atoms with E-state index in [9.17, 15) is 9.59 Å². The molecule has 66 valence electrons. The zero-order valence-electron chi connectivity index (χ0n) is 6.91. The minimum Gasteiger partial charge on any atom is -0.361 e. The Balaban J connectivity index is 3.37. The van der Waals surface area contributed by atoms with Crippen LogP contribution in [-0.2, 0) is 9.59 Å². The molecule has 0 fully saturated rings. The first-order chi connectivity index (χ1) is 5.66. The predicted molar refractivity (Wildman–Crippen MR) is 42.6 cm³/mol. The molecular formula is C7H11N3O2. The molecule has 0 aliphatic rings. The van der Waals surface area contributed by atoms with Crippen molar-refractivity contribution in [2.24, 2.45) is 0 Å². The van der Waals surface area contributed by atoms with E-state index in [1.165, 1.54) is 6.92 Å². The van der Waals surface area contributed by atoms with Crippen molar-refractivity contribution < 1.29 is 14.4 Å². The molecule has 12 heavy (non-hydrogen) atoms. The number of ketones is 1. The van der Waals surface area contributed by atoms with Crippen molar-refractivity contribution in [1.82, 2.24) is 5.32 Å². The molecule has 5 heteroatoms. The summed E-state index contributed by atoms with van der Waals surface area (Å²) in [5, 5.41) is 2.54. The first-order valence-corrected chi connectivity index (χ1v) is 3.61. The van der Waals surface area contributed by atoms with Crippen molar-refractivity contribution in [3.63, 3.8) is 0 Å². The van der Waals surface area contributed by atoms with Crippen molar-refractivity contribution >= 4 is 17.9 Å². The molecule has 1 N–H and O–H groups in total. The average molecular weight is 169 g/mol. The number of hydrogen-bond donors (Lipinski definition) is 1. The minimum absolute atomic E-state index is 0.113. The number of nitrogens with one attached hydrogen (secondary N) is 1. The topological polar surface area (TPSA) is 82.6 Å². The number of hydrogen-bond acceptors (Lipinski definition) is 2. The van der Waals surface area contributed by atoms with E-state index < -0.39 is 0 Å². The molecule has 0 saturated heterocycles. The van der Waals surface area contributed by atoms with Gasteiger partial charge in [-0.2, -0.15) is 4.79 Å². The van der Waals surface area contributed by atoms with Crippen LogP contribution in [0.5, 0.6) is 0 Å². The molecule has 0 bridgehead atoms. The maximum atomic E-state index is 10.7. The Morgan fingerprint density at radius 1 is 1.58 bits per heavy atom. The molecule has 0 spiro atoms. The molecule has 5 nitrogen and oxygen atoms in total. The number of rotatable bonds is 5. The maximum Gasteiger partial charge on any atom is 0.323 e. The van der Waals surface area contributed by atoms with Gasteiger partial charge < -0.3 is 10.8 Å². The third kappa shape index (κ3) is 6.64. The van der Waals surface area contributed by atoms with Crippen molar-refractivity contribution in [2.75, 3.05) is 6.54 Å². The van der Waals surface area contributed by atoms with Gasteiger partial charge in [0.2, 0.25) is 11.7 Å². The van der Waals surface area contributed by atoms with Gasteiger partial charge in [-0.25, -0.2) is 0 Å². The zero-order valence-corrected chi connectivity index (χ0v) is 6.91. The SMILES string of the molecule is CC(=O)NCCCC(=O)C=[N+]=[N-]. The van der Waals surface area contributed by atoms with E-state index in [2.05, 4.69) is 10.1 Å². The molecule has 0 aromatic carbocycles. The summed E-state index contributed by atoms with van der Waals surface area (Å²) in [4.78, 5) is 23.6. The van der Waals surface area contributed by atoms with Crippen LogP contribution >= 0.6 is 0 Å². The van der Waals surface area contributed by atoms with Crippen LogP contribution in [0.4, 0.5) is 0 Å². The third-order valence-corrected chi connectivity index (χ3v) is 1.18. The van der Waals surface area contributed by atoms with E-state index in [0.29, 0.717) is 13.0 Å². The summed E-state index contributed by atoms with van der Waals surface area (Å²) in [5.74, 6) is -0.360. The van der Waals surface area contributed by atoms with Gasteiger partial charge in [0, 0.05) is 19.9 Å². The van der Waals surface area contributed by atoms with Gasteiger partial charge >= 0.3 is 6.21 Å². The molecule has 0 rings (SSSR count). The monoisotopic (exact) mass is 169 g/mol. The maximum absolute atomic E-state index is 10.7. The Labute approximate surface area is 70.4 Å². The van der Waals surface area contributed by atoms with Crippen LogP contribution < -0.4 is 5.32 Å². The Morgan fingerprint density at radius 2 is 2.25 bits per heavy atom. The van der Waals surface area contributed by atoms with E-state index in [1.807, 2.05) is 0 Å². The molecule has 0 heterocycles. The lowest BCUT2D eigenvalue weighted by Crippen LogP contribution is -2.21. The highest BCUT2D eigenvalue weighted by atomic mass is 16.1. The van der Waals surface area contributed by atoms with E-state index >= 15 is 0 Å². The van der Waals surface area contributed by atoms with Crippen LogP contribution in [0.25, 0.3) is 5.53 Å². The second-order valence-electron chi connectivity index (χ2n) is 2.30. The first-order valence-electron chi connectivity index (χ1n) is 3.61. The number of nitrogens with zero attached hydrogens (tertiary/aromatic N) is 2. The van der Waals surface area contributed by atoms with Crippen LogP contribution in [0.1, 0.15) is 19.8 Å². The summed E-state index contributed by atoms with van der Waals surface area (Å²) < 4.78 is 0. The van der Waals surface area contributed by atoms with Gasteiger partial charge in [-0.05, 0) is 6.42 Å². The highest BCUT2D eigenvalue weighted by molar-refractivity contribution is 6.25. The smallest absolute Gasteiger partial charge is 0.323 e. The second-order valence-corrected chi connectivity index (χ2v) is 2.30. The highest BCUT2D eigenvalue weighted by Crippen LogP contribution is 1.86. The molecule has 0 aromatic rings. The Hall–Kier alpha value is -1.48. The van der Waals surface area contributed by atoms with Gasteiger partial charge in [0.05, 0.1) is 0 Å². The van der Waals surface area contributed by atoms with Crippen LogP contribution in [0.3, 0.4) is 0 Å². The molecule has 1 amide bonds.